The number of thioether (sulfide) groups is 1. The Kier molecular flexibility index (Phi) is 8.81. The Bertz CT molecular complexity index is 1210. The van der Waals surface area contributed by atoms with Crippen LogP contribution in [-0.4, -0.2) is 66.8 Å². The van der Waals surface area contributed by atoms with Gasteiger partial charge in [-0.15, -0.1) is 11.8 Å². The number of aromatic nitrogens is 2. The largest absolute Gasteiger partial charge is 0.395 e. The second kappa shape index (κ2) is 12.2. The SMILES string of the molecule is CSc1c(Cl)nc(-c2ccc(NC(=O)Nc3ccc(N4CCOCC4)c(F)c3)cc2)nc1NCCO. The number of hydrogen-bond acceptors (Lipinski definition) is 8. The number of urea groups is 1. The van der Waals surface area contributed by atoms with Crippen molar-refractivity contribution >= 4 is 52.3 Å². The van der Waals surface area contributed by atoms with Gasteiger partial charge in [0.2, 0.25) is 0 Å². The molecule has 1 saturated heterocycles. The third kappa shape index (κ3) is 6.35. The van der Waals surface area contributed by atoms with E-state index in [1.165, 1.54) is 17.8 Å². The molecule has 1 aliphatic heterocycles. The van der Waals surface area contributed by atoms with Gasteiger partial charge in [-0.25, -0.2) is 19.2 Å². The third-order valence-corrected chi connectivity index (χ3v) is 6.57. The summed E-state index contributed by atoms with van der Waals surface area (Å²) in [5.41, 5.74) is 2.07. The zero-order valence-corrected chi connectivity index (χ0v) is 21.1. The highest BCUT2D eigenvalue weighted by molar-refractivity contribution is 7.98. The molecule has 0 bridgehead atoms. The summed E-state index contributed by atoms with van der Waals surface area (Å²) in [4.78, 5) is 23.9. The van der Waals surface area contributed by atoms with E-state index in [1.807, 2.05) is 11.2 Å². The summed E-state index contributed by atoms with van der Waals surface area (Å²) in [5, 5.41) is 17.8. The lowest BCUT2D eigenvalue weighted by molar-refractivity contribution is 0.122. The molecule has 9 nitrogen and oxygen atoms in total. The van der Waals surface area contributed by atoms with Gasteiger partial charge in [0.05, 0.1) is 30.4 Å². The van der Waals surface area contributed by atoms with Gasteiger partial charge in [-0.05, 0) is 48.7 Å². The monoisotopic (exact) mass is 532 g/mol. The van der Waals surface area contributed by atoms with Crippen LogP contribution in [0.1, 0.15) is 0 Å². The molecule has 190 valence electrons. The summed E-state index contributed by atoms with van der Waals surface area (Å²) in [6.45, 7) is 2.66. The van der Waals surface area contributed by atoms with E-state index >= 15 is 0 Å². The van der Waals surface area contributed by atoms with Crippen LogP contribution >= 0.6 is 23.4 Å². The maximum Gasteiger partial charge on any atom is 0.323 e. The topological polar surface area (TPSA) is 112 Å². The molecule has 4 N–H and O–H groups in total. The predicted octanol–water partition coefficient (Wildman–Crippen LogP) is 4.54. The van der Waals surface area contributed by atoms with E-state index in [0.717, 1.165) is 0 Å². The molecule has 1 aliphatic rings. The quantitative estimate of drug-likeness (QED) is 0.247. The van der Waals surface area contributed by atoms with Crippen LogP contribution in [0, 0.1) is 5.82 Å². The number of carbonyl (C=O) groups excluding carboxylic acids is 1. The molecule has 2 heterocycles. The number of ether oxygens (including phenoxy) is 1. The molecule has 0 unspecified atom stereocenters. The van der Waals surface area contributed by atoms with Crippen LogP contribution in [0.2, 0.25) is 5.15 Å². The van der Waals surface area contributed by atoms with Crippen LogP contribution in [0.15, 0.2) is 47.4 Å². The summed E-state index contributed by atoms with van der Waals surface area (Å²) in [6, 6.07) is 11.0. The van der Waals surface area contributed by atoms with Crippen molar-refractivity contribution in [2.75, 3.05) is 66.6 Å². The van der Waals surface area contributed by atoms with E-state index in [4.69, 9.17) is 21.4 Å². The first-order valence-electron chi connectivity index (χ1n) is 11.3. The molecule has 3 aromatic rings. The van der Waals surface area contributed by atoms with Gasteiger partial charge in [-0.3, -0.25) is 0 Å². The van der Waals surface area contributed by atoms with Crippen LogP contribution in [0.5, 0.6) is 0 Å². The fourth-order valence-corrected chi connectivity index (χ4v) is 4.59. The van der Waals surface area contributed by atoms with Crippen molar-refractivity contribution < 1.29 is 19.0 Å². The van der Waals surface area contributed by atoms with Crippen molar-refractivity contribution in [2.45, 2.75) is 4.90 Å². The molecule has 12 heteroatoms. The standard InChI is InChI=1S/C24H26ClFN6O3S/c1-36-20-21(25)30-22(31-23(20)27-8-11-33)15-2-4-16(5-3-15)28-24(34)29-17-6-7-19(18(26)14-17)32-9-12-35-13-10-32/h2-7,14,33H,8-13H2,1H3,(H,27,30,31)(H2,28,29,34). The molecule has 4 rings (SSSR count). The lowest BCUT2D eigenvalue weighted by Gasteiger charge is -2.29. The number of nitrogens with one attached hydrogen (secondary N) is 3. The minimum absolute atomic E-state index is 0.0438. The van der Waals surface area contributed by atoms with Crippen LogP contribution in [0.3, 0.4) is 0 Å². The first-order valence-corrected chi connectivity index (χ1v) is 12.9. The van der Waals surface area contributed by atoms with E-state index in [1.54, 1.807) is 36.4 Å². The smallest absolute Gasteiger partial charge is 0.323 e. The summed E-state index contributed by atoms with van der Waals surface area (Å²) < 4.78 is 19.9. The van der Waals surface area contributed by atoms with Crippen molar-refractivity contribution in [2.24, 2.45) is 0 Å². The Morgan fingerprint density at radius 1 is 1.14 bits per heavy atom. The highest BCUT2D eigenvalue weighted by Crippen LogP contribution is 2.32. The van der Waals surface area contributed by atoms with E-state index < -0.39 is 11.8 Å². The van der Waals surface area contributed by atoms with Crippen molar-refractivity contribution in [3.8, 4) is 11.4 Å². The van der Waals surface area contributed by atoms with Crippen molar-refractivity contribution in [3.05, 3.63) is 53.4 Å². The van der Waals surface area contributed by atoms with E-state index in [2.05, 4.69) is 25.9 Å². The van der Waals surface area contributed by atoms with Gasteiger partial charge in [-0.2, -0.15) is 0 Å². The van der Waals surface area contributed by atoms with Crippen molar-refractivity contribution in [1.29, 1.82) is 0 Å². The lowest BCUT2D eigenvalue weighted by atomic mass is 10.2. The number of hydrogen-bond donors (Lipinski definition) is 4. The molecule has 1 fully saturated rings. The maximum atomic E-state index is 14.6. The van der Waals surface area contributed by atoms with Gasteiger partial charge in [-0.1, -0.05) is 11.6 Å². The molecule has 2 amide bonds. The number of anilines is 4. The second-order valence-electron chi connectivity index (χ2n) is 7.79. The normalized spacial score (nSPS) is 13.4. The molecule has 0 spiro atoms. The molecule has 0 atom stereocenters. The van der Waals surface area contributed by atoms with Crippen molar-refractivity contribution in [1.82, 2.24) is 9.97 Å². The van der Waals surface area contributed by atoms with Gasteiger partial charge >= 0.3 is 6.03 Å². The zero-order chi connectivity index (χ0) is 25.5. The second-order valence-corrected chi connectivity index (χ2v) is 8.97. The molecule has 0 saturated carbocycles. The summed E-state index contributed by atoms with van der Waals surface area (Å²) in [7, 11) is 0. The number of nitrogens with zero attached hydrogens (tertiary/aromatic N) is 3. The van der Waals surface area contributed by atoms with Crippen molar-refractivity contribution in [3.63, 3.8) is 0 Å². The Morgan fingerprint density at radius 3 is 2.50 bits per heavy atom. The molecule has 0 radical (unpaired) electrons. The van der Waals surface area contributed by atoms with E-state index in [-0.39, 0.29) is 6.61 Å². The molecule has 0 aliphatic carbocycles. The number of halogens is 2. The first kappa shape index (κ1) is 26.0. The van der Waals surface area contributed by atoms with Gasteiger partial charge < -0.3 is 30.7 Å². The number of aliphatic hydroxyl groups excluding tert-OH is 1. The van der Waals surface area contributed by atoms with E-state index in [0.29, 0.717) is 77.2 Å². The number of benzene rings is 2. The number of carbonyl (C=O) groups is 1. The van der Waals surface area contributed by atoms with Crippen LogP contribution in [0.25, 0.3) is 11.4 Å². The van der Waals surface area contributed by atoms with Crippen LogP contribution in [0.4, 0.5) is 32.1 Å². The van der Waals surface area contributed by atoms with Crippen LogP contribution < -0.4 is 20.9 Å². The minimum Gasteiger partial charge on any atom is -0.395 e. The molecular weight excluding hydrogens is 507 g/mol. The number of morpholine rings is 1. The van der Waals surface area contributed by atoms with Gasteiger partial charge in [0.15, 0.2) is 5.82 Å². The van der Waals surface area contributed by atoms with Gasteiger partial charge in [0.25, 0.3) is 0 Å². The molecule has 1 aromatic heterocycles. The average Bonchev–Trinajstić information content (AvgIpc) is 2.88. The molecular formula is C24H26ClFN6O3S. The number of rotatable bonds is 8. The maximum absolute atomic E-state index is 14.6. The summed E-state index contributed by atoms with van der Waals surface area (Å²) in [6.07, 6.45) is 1.87. The first-order chi connectivity index (χ1) is 17.5. The average molecular weight is 533 g/mol. The fourth-order valence-electron chi connectivity index (χ4n) is 3.67. The highest BCUT2D eigenvalue weighted by Gasteiger charge is 2.16. The Morgan fingerprint density at radius 2 is 1.83 bits per heavy atom. The van der Waals surface area contributed by atoms with Gasteiger partial charge in [0, 0.05) is 36.6 Å². The molecule has 36 heavy (non-hydrogen) atoms. The number of aliphatic hydroxyl groups is 1. The lowest BCUT2D eigenvalue weighted by Crippen LogP contribution is -2.36. The number of amides is 2. The summed E-state index contributed by atoms with van der Waals surface area (Å²) in [5.74, 6) is 0.545. The summed E-state index contributed by atoms with van der Waals surface area (Å²) >= 11 is 7.74. The minimum atomic E-state index is -0.500. The zero-order valence-electron chi connectivity index (χ0n) is 19.6. The fraction of sp³-hybridized carbons (Fsp3) is 0.292. The van der Waals surface area contributed by atoms with Crippen LogP contribution in [-0.2, 0) is 4.74 Å². The Hall–Kier alpha value is -3.12. The predicted molar refractivity (Wildman–Crippen MR) is 142 cm³/mol. The Balaban J connectivity index is 1.41. The Labute approximate surface area is 217 Å². The van der Waals surface area contributed by atoms with E-state index in [9.17, 15) is 9.18 Å². The molecule has 2 aromatic carbocycles. The third-order valence-electron chi connectivity index (χ3n) is 5.39. The highest BCUT2D eigenvalue weighted by atomic mass is 35.5. The van der Waals surface area contributed by atoms with Gasteiger partial charge in [0.1, 0.15) is 16.8 Å².